The normalized spacial score (nSPS) is 10.9. The molecule has 1 heterocycles. The zero-order valence-corrected chi connectivity index (χ0v) is 20.4. The Balaban J connectivity index is 1.63. The quantitative estimate of drug-likeness (QED) is 0.242. The summed E-state index contributed by atoms with van der Waals surface area (Å²) in [4.78, 5) is 35.4. The summed E-state index contributed by atoms with van der Waals surface area (Å²) in [5, 5.41) is 11.0. The van der Waals surface area contributed by atoms with Gasteiger partial charge in [-0.3, -0.25) is 14.4 Å². The summed E-state index contributed by atoms with van der Waals surface area (Å²) in [5.74, 6) is 5.54. The van der Waals surface area contributed by atoms with E-state index in [1.54, 1.807) is 0 Å². The maximum absolute atomic E-state index is 12.4. The molecule has 11 nitrogen and oxygen atoms in total. The number of hydrogen-bond donors (Lipinski definition) is 4. The van der Waals surface area contributed by atoms with E-state index in [0.29, 0.717) is 11.0 Å². The molecule has 7 N–H and O–H groups in total. The van der Waals surface area contributed by atoms with Crippen molar-refractivity contribution < 1.29 is 19.1 Å². The first kappa shape index (κ1) is 25.6. The SMILES string of the molecule is Cc1ccc(C(C)C)c(OCc2nnc(SCC(=O)Nc3cc(C(N)=O)cc(C(N)=O)c3)n2N)c1. The van der Waals surface area contributed by atoms with Crippen LogP contribution in [-0.2, 0) is 11.4 Å². The minimum Gasteiger partial charge on any atom is -0.485 e. The van der Waals surface area contributed by atoms with Gasteiger partial charge >= 0.3 is 0 Å². The summed E-state index contributed by atoms with van der Waals surface area (Å²) in [6, 6.07) is 10.0. The molecule has 0 radical (unpaired) electrons. The Labute approximate surface area is 206 Å². The average Bonchev–Trinajstić information content (AvgIpc) is 3.15. The number of amides is 3. The van der Waals surface area contributed by atoms with E-state index in [9.17, 15) is 14.4 Å². The van der Waals surface area contributed by atoms with Gasteiger partial charge in [0.2, 0.25) is 22.9 Å². The summed E-state index contributed by atoms with van der Waals surface area (Å²) in [6.07, 6.45) is 0. The van der Waals surface area contributed by atoms with Gasteiger partial charge in [-0.05, 0) is 48.2 Å². The van der Waals surface area contributed by atoms with E-state index >= 15 is 0 Å². The lowest BCUT2D eigenvalue weighted by molar-refractivity contribution is -0.113. The van der Waals surface area contributed by atoms with Gasteiger partial charge in [0.15, 0.2) is 5.82 Å². The molecule has 0 spiro atoms. The third kappa shape index (κ3) is 6.51. The van der Waals surface area contributed by atoms with Crippen molar-refractivity contribution in [3.8, 4) is 5.75 Å². The number of aryl methyl sites for hydroxylation is 1. The van der Waals surface area contributed by atoms with Crippen molar-refractivity contribution in [1.29, 1.82) is 0 Å². The van der Waals surface area contributed by atoms with Gasteiger partial charge in [0, 0.05) is 16.8 Å². The third-order valence-corrected chi connectivity index (χ3v) is 5.94. The number of thioether (sulfide) groups is 1. The Morgan fingerprint density at radius 3 is 2.31 bits per heavy atom. The van der Waals surface area contributed by atoms with Crippen LogP contribution in [0.2, 0.25) is 0 Å². The lowest BCUT2D eigenvalue weighted by Crippen LogP contribution is -2.20. The summed E-state index contributed by atoms with van der Waals surface area (Å²) in [5.41, 5.74) is 13.0. The van der Waals surface area contributed by atoms with Gasteiger partial charge in [-0.2, -0.15) is 0 Å². The van der Waals surface area contributed by atoms with Crippen molar-refractivity contribution in [3.05, 3.63) is 64.5 Å². The zero-order chi connectivity index (χ0) is 25.7. The maximum atomic E-state index is 12.4. The third-order valence-electron chi connectivity index (χ3n) is 5.00. The van der Waals surface area contributed by atoms with E-state index in [1.807, 2.05) is 25.1 Å². The predicted octanol–water partition coefficient (Wildman–Crippen LogP) is 1.93. The number of ether oxygens (including phenoxy) is 1. The maximum Gasteiger partial charge on any atom is 0.248 e. The van der Waals surface area contributed by atoms with E-state index in [0.717, 1.165) is 28.6 Å². The van der Waals surface area contributed by atoms with Gasteiger partial charge < -0.3 is 27.4 Å². The van der Waals surface area contributed by atoms with Crippen LogP contribution in [0.3, 0.4) is 0 Å². The Bertz CT molecular complexity index is 1240. The van der Waals surface area contributed by atoms with Crippen LogP contribution in [0.4, 0.5) is 5.69 Å². The first-order chi connectivity index (χ1) is 16.5. The molecule has 3 aromatic rings. The largest absolute Gasteiger partial charge is 0.485 e. The number of carbonyl (C=O) groups is 3. The number of nitrogen functional groups attached to an aromatic ring is 1. The highest BCUT2D eigenvalue weighted by Crippen LogP contribution is 2.28. The Morgan fingerprint density at radius 2 is 1.71 bits per heavy atom. The molecule has 35 heavy (non-hydrogen) atoms. The average molecular weight is 498 g/mol. The summed E-state index contributed by atoms with van der Waals surface area (Å²) in [6.45, 7) is 6.26. The molecule has 0 bridgehead atoms. The van der Waals surface area contributed by atoms with Crippen LogP contribution in [0.1, 0.15) is 57.4 Å². The fourth-order valence-corrected chi connectivity index (χ4v) is 3.88. The van der Waals surface area contributed by atoms with Crippen molar-refractivity contribution in [2.24, 2.45) is 11.5 Å². The number of rotatable bonds is 10. The lowest BCUT2D eigenvalue weighted by Gasteiger charge is -2.14. The van der Waals surface area contributed by atoms with Gasteiger partial charge in [0.1, 0.15) is 12.4 Å². The van der Waals surface area contributed by atoms with Crippen LogP contribution in [0, 0.1) is 6.92 Å². The van der Waals surface area contributed by atoms with Crippen LogP contribution in [-0.4, -0.2) is 38.3 Å². The number of aromatic nitrogens is 3. The number of hydrogen-bond acceptors (Lipinski definition) is 8. The molecule has 3 rings (SSSR count). The molecule has 184 valence electrons. The molecule has 0 fully saturated rings. The molecule has 2 aromatic carbocycles. The van der Waals surface area contributed by atoms with Gasteiger partial charge in [-0.1, -0.05) is 37.7 Å². The molecule has 0 aliphatic rings. The number of nitrogens with two attached hydrogens (primary N) is 3. The number of primary amides is 2. The molecule has 12 heteroatoms. The number of benzene rings is 2. The van der Waals surface area contributed by atoms with Crippen molar-refractivity contribution in [2.45, 2.75) is 38.5 Å². The number of carbonyl (C=O) groups excluding carboxylic acids is 3. The van der Waals surface area contributed by atoms with Crippen LogP contribution in [0.15, 0.2) is 41.6 Å². The molecular formula is C23H27N7O4S. The topological polar surface area (TPSA) is 181 Å². The van der Waals surface area contributed by atoms with E-state index in [4.69, 9.17) is 22.0 Å². The van der Waals surface area contributed by atoms with Crippen molar-refractivity contribution in [3.63, 3.8) is 0 Å². The second-order valence-corrected chi connectivity index (χ2v) is 9.06. The van der Waals surface area contributed by atoms with Crippen molar-refractivity contribution in [1.82, 2.24) is 14.9 Å². The fraction of sp³-hybridized carbons (Fsp3) is 0.261. The second-order valence-electron chi connectivity index (χ2n) is 8.12. The van der Waals surface area contributed by atoms with Gasteiger partial charge in [0.05, 0.1) is 5.75 Å². The molecule has 0 aliphatic carbocycles. The Hall–Kier alpha value is -4.06. The highest BCUT2D eigenvalue weighted by atomic mass is 32.2. The molecular weight excluding hydrogens is 470 g/mol. The molecule has 0 atom stereocenters. The minimum atomic E-state index is -0.755. The fourth-order valence-electron chi connectivity index (χ4n) is 3.20. The number of nitrogens with one attached hydrogen (secondary N) is 1. The van der Waals surface area contributed by atoms with Gasteiger partial charge in [-0.25, -0.2) is 4.68 Å². The van der Waals surface area contributed by atoms with Gasteiger partial charge in [0.25, 0.3) is 0 Å². The van der Waals surface area contributed by atoms with E-state index in [-0.39, 0.29) is 35.1 Å². The van der Waals surface area contributed by atoms with E-state index < -0.39 is 17.7 Å². The van der Waals surface area contributed by atoms with E-state index in [1.165, 1.54) is 22.9 Å². The lowest BCUT2D eigenvalue weighted by atomic mass is 10.0. The summed E-state index contributed by atoms with van der Waals surface area (Å²) in [7, 11) is 0. The van der Waals surface area contributed by atoms with Crippen molar-refractivity contribution >= 4 is 35.2 Å². The van der Waals surface area contributed by atoms with Gasteiger partial charge in [-0.15, -0.1) is 10.2 Å². The van der Waals surface area contributed by atoms with Crippen LogP contribution < -0.4 is 27.4 Å². The first-order valence-corrected chi connectivity index (χ1v) is 11.6. The standard InChI is InChI=1S/C23H27N7O4S/c1-12(2)17-5-4-13(3)6-18(17)34-10-19-28-29-23(30(19)26)35-11-20(31)27-16-8-14(21(24)32)7-15(9-16)22(25)33/h4-9,12H,10-11,26H2,1-3H3,(H2,24,32)(H2,25,33)(H,27,31). The molecule has 0 saturated heterocycles. The second kappa shape index (κ2) is 10.9. The molecule has 0 aliphatic heterocycles. The van der Waals surface area contributed by atoms with Crippen molar-refractivity contribution in [2.75, 3.05) is 16.9 Å². The Kier molecular flexibility index (Phi) is 7.97. The summed E-state index contributed by atoms with van der Waals surface area (Å²) < 4.78 is 7.22. The highest BCUT2D eigenvalue weighted by molar-refractivity contribution is 7.99. The van der Waals surface area contributed by atoms with Crippen LogP contribution >= 0.6 is 11.8 Å². The molecule has 0 saturated carbocycles. The zero-order valence-electron chi connectivity index (χ0n) is 19.6. The van der Waals surface area contributed by atoms with E-state index in [2.05, 4.69) is 29.4 Å². The summed E-state index contributed by atoms with van der Waals surface area (Å²) >= 11 is 1.06. The first-order valence-electron chi connectivity index (χ1n) is 10.6. The predicted molar refractivity (Wildman–Crippen MR) is 133 cm³/mol. The highest BCUT2D eigenvalue weighted by Gasteiger charge is 2.16. The number of nitrogens with zero attached hydrogens (tertiary/aromatic N) is 3. The molecule has 3 amide bonds. The van der Waals surface area contributed by atoms with Crippen LogP contribution in [0.5, 0.6) is 5.75 Å². The monoisotopic (exact) mass is 497 g/mol. The smallest absolute Gasteiger partial charge is 0.248 e. The van der Waals surface area contributed by atoms with Crippen LogP contribution in [0.25, 0.3) is 0 Å². The minimum absolute atomic E-state index is 0.0461. The molecule has 0 unspecified atom stereocenters. The number of anilines is 1. The Morgan fingerprint density at radius 1 is 1.06 bits per heavy atom. The molecule has 1 aromatic heterocycles.